The molecule has 3 rings (SSSR count). The molecule has 0 aromatic carbocycles. The molecule has 1 N–H and O–H groups in total. The third-order valence-electron chi connectivity index (χ3n) is 3.86. The van der Waals surface area contributed by atoms with Crippen LogP contribution in [0.5, 0.6) is 0 Å². The highest BCUT2D eigenvalue weighted by Gasteiger charge is 2.41. The van der Waals surface area contributed by atoms with Gasteiger partial charge in [0.05, 0.1) is 5.92 Å². The third kappa shape index (κ3) is 2.60. The molecule has 0 bridgehead atoms. The summed E-state index contributed by atoms with van der Waals surface area (Å²) in [7, 11) is 0. The summed E-state index contributed by atoms with van der Waals surface area (Å²) in [5, 5.41) is 6.96. The van der Waals surface area contributed by atoms with Crippen molar-refractivity contribution in [2.75, 3.05) is 13.1 Å². The Morgan fingerprint density at radius 1 is 1.40 bits per heavy atom. The minimum atomic E-state index is -0.320. The first kappa shape index (κ1) is 13.3. The Kier molecular flexibility index (Phi) is 3.56. The van der Waals surface area contributed by atoms with Crippen molar-refractivity contribution in [1.82, 2.24) is 15.4 Å². The number of aromatic nitrogens is 1. The molecule has 108 valence electrons. The van der Waals surface area contributed by atoms with Gasteiger partial charge in [0.2, 0.25) is 5.91 Å². The van der Waals surface area contributed by atoms with Gasteiger partial charge in [0.15, 0.2) is 5.69 Å². The molecular formula is C14H19N3O3. The van der Waals surface area contributed by atoms with Crippen LogP contribution in [0.4, 0.5) is 0 Å². The first-order chi connectivity index (χ1) is 9.66. The number of rotatable bonds is 3. The van der Waals surface area contributed by atoms with Crippen LogP contribution >= 0.6 is 0 Å². The van der Waals surface area contributed by atoms with Gasteiger partial charge in [-0.3, -0.25) is 14.5 Å². The Hall–Kier alpha value is -1.69. The summed E-state index contributed by atoms with van der Waals surface area (Å²) >= 11 is 0. The molecule has 1 aliphatic heterocycles. The topological polar surface area (TPSA) is 75.4 Å². The van der Waals surface area contributed by atoms with Crippen LogP contribution in [-0.2, 0) is 4.79 Å². The van der Waals surface area contributed by atoms with E-state index in [0.717, 1.165) is 32.2 Å². The average molecular weight is 277 g/mol. The van der Waals surface area contributed by atoms with Gasteiger partial charge in [0.25, 0.3) is 5.91 Å². The zero-order valence-electron chi connectivity index (χ0n) is 11.6. The van der Waals surface area contributed by atoms with E-state index in [0.29, 0.717) is 12.3 Å². The van der Waals surface area contributed by atoms with E-state index in [1.54, 1.807) is 13.0 Å². The molecule has 1 atom stereocenters. The van der Waals surface area contributed by atoms with E-state index in [1.807, 2.05) is 0 Å². The molecule has 2 fully saturated rings. The highest BCUT2D eigenvalue weighted by Crippen LogP contribution is 2.30. The van der Waals surface area contributed by atoms with E-state index in [2.05, 4.69) is 10.5 Å². The van der Waals surface area contributed by atoms with Gasteiger partial charge >= 0.3 is 0 Å². The Morgan fingerprint density at radius 3 is 2.75 bits per heavy atom. The lowest BCUT2D eigenvalue weighted by Gasteiger charge is -2.28. The smallest absolute Gasteiger partial charge is 0.282 e. The van der Waals surface area contributed by atoms with E-state index in [4.69, 9.17) is 4.52 Å². The molecule has 1 unspecified atom stereocenters. The molecule has 1 saturated carbocycles. The molecule has 1 aromatic rings. The van der Waals surface area contributed by atoms with Crippen molar-refractivity contribution in [1.29, 1.82) is 0 Å². The van der Waals surface area contributed by atoms with Crippen LogP contribution in [0.1, 0.15) is 41.9 Å². The molecule has 0 radical (unpaired) electrons. The lowest BCUT2D eigenvalue weighted by atomic mass is 9.98. The lowest BCUT2D eigenvalue weighted by Crippen LogP contribution is -2.46. The number of carbonyl (C=O) groups is 2. The van der Waals surface area contributed by atoms with E-state index >= 15 is 0 Å². The summed E-state index contributed by atoms with van der Waals surface area (Å²) < 4.78 is 4.94. The number of nitrogens with zero attached hydrogens (tertiary/aromatic N) is 2. The van der Waals surface area contributed by atoms with Gasteiger partial charge < -0.3 is 9.84 Å². The molecule has 1 aromatic heterocycles. The van der Waals surface area contributed by atoms with E-state index in [-0.39, 0.29) is 29.5 Å². The van der Waals surface area contributed by atoms with Gasteiger partial charge in [-0.15, -0.1) is 0 Å². The number of piperidine rings is 1. The molecule has 20 heavy (non-hydrogen) atoms. The van der Waals surface area contributed by atoms with Crippen LogP contribution < -0.4 is 5.32 Å². The predicted octanol–water partition coefficient (Wildman–Crippen LogP) is 1.11. The van der Waals surface area contributed by atoms with Crippen molar-refractivity contribution >= 4 is 11.8 Å². The fraction of sp³-hybridized carbons (Fsp3) is 0.643. The van der Waals surface area contributed by atoms with E-state index < -0.39 is 0 Å². The maximum Gasteiger partial charge on any atom is 0.282 e. The van der Waals surface area contributed by atoms with Crippen LogP contribution in [0.15, 0.2) is 10.6 Å². The quantitative estimate of drug-likeness (QED) is 0.838. The molecule has 0 spiro atoms. The number of aryl methyl sites for hydroxylation is 1. The van der Waals surface area contributed by atoms with Crippen molar-refractivity contribution < 1.29 is 14.1 Å². The van der Waals surface area contributed by atoms with E-state index in [9.17, 15) is 9.59 Å². The maximum atomic E-state index is 12.6. The van der Waals surface area contributed by atoms with Crippen molar-refractivity contribution in [2.45, 2.75) is 38.6 Å². The first-order valence-electron chi connectivity index (χ1n) is 7.18. The number of nitrogens with one attached hydrogen (secondary N) is 1. The Morgan fingerprint density at radius 2 is 2.20 bits per heavy atom. The molecular weight excluding hydrogens is 258 g/mol. The number of hydrogen-bond donors (Lipinski definition) is 1. The van der Waals surface area contributed by atoms with Gasteiger partial charge in [0.1, 0.15) is 5.76 Å². The van der Waals surface area contributed by atoms with Crippen LogP contribution in [0.25, 0.3) is 0 Å². The average Bonchev–Trinajstić information content (AvgIpc) is 3.20. The second-order valence-corrected chi connectivity index (χ2v) is 5.61. The molecule has 2 heterocycles. The summed E-state index contributed by atoms with van der Waals surface area (Å²) in [6.45, 7) is 3.34. The summed E-state index contributed by atoms with van der Waals surface area (Å²) in [6, 6.07) is 1.64. The molecule has 2 aliphatic rings. The van der Waals surface area contributed by atoms with Crippen molar-refractivity contribution in [3.05, 3.63) is 17.5 Å². The van der Waals surface area contributed by atoms with Gasteiger partial charge in [-0.25, -0.2) is 0 Å². The van der Waals surface area contributed by atoms with Crippen molar-refractivity contribution in [3.8, 4) is 0 Å². The molecule has 2 amide bonds. The van der Waals surface area contributed by atoms with Crippen LogP contribution in [0.2, 0.25) is 0 Å². The second kappa shape index (κ2) is 5.36. The molecule has 6 heteroatoms. The van der Waals surface area contributed by atoms with Crippen LogP contribution in [0.3, 0.4) is 0 Å². The summed E-state index contributed by atoms with van der Waals surface area (Å²) in [5.74, 6) is 0.0995. The summed E-state index contributed by atoms with van der Waals surface area (Å²) in [4.78, 5) is 26.5. The van der Waals surface area contributed by atoms with E-state index in [1.165, 1.54) is 4.90 Å². The SMILES string of the molecule is Cc1cc(C(=O)N(C(=O)C2CCCNC2)C2CC2)no1. The second-order valence-electron chi connectivity index (χ2n) is 5.61. The Labute approximate surface area is 117 Å². The largest absolute Gasteiger partial charge is 0.361 e. The number of carbonyl (C=O) groups excluding carboxylic acids is 2. The number of amides is 2. The maximum absolute atomic E-state index is 12.6. The number of hydrogen-bond acceptors (Lipinski definition) is 5. The van der Waals surface area contributed by atoms with Gasteiger partial charge in [0, 0.05) is 18.7 Å². The third-order valence-corrected chi connectivity index (χ3v) is 3.86. The Balaban J connectivity index is 1.78. The zero-order valence-corrected chi connectivity index (χ0v) is 11.6. The van der Waals surface area contributed by atoms with Gasteiger partial charge in [-0.05, 0) is 39.2 Å². The molecule has 6 nitrogen and oxygen atoms in total. The fourth-order valence-electron chi connectivity index (χ4n) is 2.63. The molecule has 1 saturated heterocycles. The normalized spacial score (nSPS) is 22.6. The fourth-order valence-corrected chi connectivity index (χ4v) is 2.63. The first-order valence-corrected chi connectivity index (χ1v) is 7.18. The van der Waals surface area contributed by atoms with Crippen molar-refractivity contribution in [3.63, 3.8) is 0 Å². The summed E-state index contributed by atoms with van der Waals surface area (Å²) in [5.41, 5.74) is 0.228. The summed E-state index contributed by atoms with van der Waals surface area (Å²) in [6.07, 6.45) is 3.62. The zero-order chi connectivity index (χ0) is 14.1. The van der Waals surface area contributed by atoms with Gasteiger partial charge in [-0.1, -0.05) is 5.16 Å². The lowest BCUT2D eigenvalue weighted by molar-refractivity contribution is -0.133. The molecule has 1 aliphatic carbocycles. The standard InChI is InChI=1S/C14H19N3O3/c1-9-7-12(16-20-9)14(19)17(11-4-5-11)13(18)10-3-2-6-15-8-10/h7,10-11,15H,2-6,8H2,1H3. The van der Waals surface area contributed by atoms with Crippen molar-refractivity contribution in [2.24, 2.45) is 5.92 Å². The van der Waals surface area contributed by atoms with Crippen LogP contribution in [0, 0.1) is 12.8 Å². The van der Waals surface area contributed by atoms with Gasteiger partial charge in [-0.2, -0.15) is 0 Å². The number of imide groups is 1. The Bertz CT molecular complexity index is 515. The predicted molar refractivity (Wildman–Crippen MR) is 71.0 cm³/mol. The highest BCUT2D eigenvalue weighted by atomic mass is 16.5. The monoisotopic (exact) mass is 277 g/mol. The minimum absolute atomic E-state index is 0.0499. The minimum Gasteiger partial charge on any atom is -0.361 e. The highest BCUT2D eigenvalue weighted by molar-refractivity contribution is 6.04. The van der Waals surface area contributed by atoms with Crippen LogP contribution in [-0.4, -0.2) is 41.0 Å².